The molecule has 30 heavy (non-hydrogen) atoms. The molecule has 0 radical (unpaired) electrons. The molecule has 0 aliphatic carbocycles. The lowest BCUT2D eigenvalue weighted by Crippen LogP contribution is -2.37. The maximum atomic E-state index is 13.5. The van der Waals surface area contributed by atoms with Crippen LogP contribution in [0.15, 0.2) is 42.6 Å². The Bertz CT molecular complexity index is 1210. The second-order valence-electron chi connectivity index (χ2n) is 7.27. The van der Waals surface area contributed by atoms with Crippen LogP contribution in [0.1, 0.15) is 28.8 Å². The number of rotatable bonds is 5. The van der Waals surface area contributed by atoms with Gasteiger partial charge in [-0.15, -0.1) is 0 Å². The first-order valence-corrected chi connectivity index (χ1v) is 11.7. The Morgan fingerprint density at radius 3 is 2.80 bits per heavy atom. The van der Waals surface area contributed by atoms with E-state index >= 15 is 0 Å². The minimum atomic E-state index is -3.34. The smallest absolute Gasteiger partial charge is 0.252 e. The summed E-state index contributed by atoms with van der Waals surface area (Å²) < 4.78 is 39.3. The molecule has 1 aromatic heterocycles. The fourth-order valence-corrected chi connectivity index (χ4v) is 5.58. The van der Waals surface area contributed by atoms with Crippen LogP contribution in [0, 0.1) is 5.82 Å². The molecule has 0 atom stereocenters. The topological polar surface area (TPSA) is 82.3 Å². The molecule has 3 aromatic rings. The van der Waals surface area contributed by atoms with Crippen LogP contribution in [0.4, 0.5) is 10.1 Å². The third kappa shape index (κ3) is 4.15. The lowest BCUT2D eigenvalue weighted by Gasteiger charge is -2.28. The lowest BCUT2D eigenvalue weighted by molar-refractivity contribution is 0.0954. The van der Waals surface area contributed by atoms with E-state index < -0.39 is 10.0 Å². The first-order chi connectivity index (χ1) is 14.3. The van der Waals surface area contributed by atoms with Crippen molar-refractivity contribution in [3.63, 3.8) is 0 Å². The summed E-state index contributed by atoms with van der Waals surface area (Å²) in [5.74, 6) is -0.543. The zero-order valence-corrected chi connectivity index (χ0v) is 17.7. The Labute approximate surface area is 179 Å². The molecule has 158 valence electrons. The standard InChI is InChI=1S/C21H21ClFN3O3S/c22-19-12-16(26-9-1-2-10-30(26,28)29)4-5-17(19)21(27)24-8-7-14-13-25-20-6-3-15(23)11-18(14)20/h3-6,11-13,25H,1-2,7-10H2,(H,24,27). The SMILES string of the molecule is O=C(NCCc1c[nH]c2ccc(F)cc12)c1ccc(N2CCCCS2(=O)=O)cc1Cl. The number of hydrogen-bond acceptors (Lipinski definition) is 3. The van der Waals surface area contributed by atoms with E-state index in [2.05, 4.69) is 10.3 Å². The van der Waals surface area contributed by atoms with Crippen molar-refractivity contribution in [2.24, 2.45) is 0 Å². The molecule has 2 N–H and O–H groups in total. The Hall–Kier alpha value is -2.58. The van der Waals surface area contributed by atoms with Gasteiger partial charge in [-0.05, 0) is 61.2 Å². The van der Waals surface area contributed by atoms with Crippen LogP contribution < -0.4 is 9.62 Å². The van der Waals surface area contributed by atoms with E-state index in [1.54, 1.807) is 18.3 Å². The number of aromatic nitrogens is 1. The number of fused-ring (bicyclic) bond motifs is 1. The van der Waals surface area contributed by atoms with Gasteiger partial charge in [0.15, 0.2) is 0 Å². The van der Waals surface area contributed by atoms with Gasteiger partial charge in [-0.3, -0.25) is 9.10 Å². The van der Waals surface area contributed by atoms with Gasteiger partial charge in [-0.2, -0.15) is 0 Å². The van der Waals surface area contributed by atoms with E-state index in [1.165, 1.54) is 28.6 Å². The van der Waals surface area contributed by atoms with Crippen molar-refractivity contribution in [1.82, 2.24) is 10.3 Å². The molecular weight excluding hydrogens is 429 g/mol. The van der Waals surface area contributed by atoms with E-state index in [0.717, 1.165) is 22.9 Å². The number of sulfonamides is 1. The van der Waals surface area contributed by atoms with Crippen LogP contribution in [0.2, 0.25) is 5.02 Å². The normalized spacial score (nSPS) is 16.0. The number of H-pyrrole nitrogens is 1. The fraction of sp³-hybridized carbons (Fsp3) is 0.286. The van der Waals surface area contributed by atoms with Gasteiger partial charge in [-0.1, -0.05) is 11.6 Å². The summed E-state index contributed by atoms with van der Waals surface area (Å²) in [5.41, 5.74) is 2.49. The average Bonchev–Trinajstić information content (AvgIpc) is 3.09. The molecule has 1 fully saturated rings. The van der Waals surface area contributed by atoms with E-state index in [4.69, 9.17) is 11.6 Å². The number of nitrogens with one attached hydrogen (secondary N) is 2. The number of carbonyl (C=O) groups is 1. The van der Waals surface area contributed by atoms with Gasteiger partial charge in [0, 0.05) is 30.2 Å². The highest BCUT2D eigenvalue weighted by Crippen LogP contribution is 2.28. The number of hydrogen-bond donors (Lipinski definition) is 2. The van der Waals surface area contributed by atoms with Crippen LogP contribution in [0.25, 0.3) is 10.9 Å². The van der Waals surface area contributed by atoms with Crippen LogP contribution >= 0.6 is 11.6 Å². The average molecular weight is 450 g/mol. The molecule has 9 heteroatoms. The first-order valence-electron chi connectivity index (χ1n) is 9.69. The predicted octanol–water partition coefficient (Wildman–Crippen LogP) is 3.86. The Morgan fingerprint density at radius 2 is 2.03 bits per heavy atom. The summed E-state index contributed by atoms with van der Waals surface area (Å²) >= 11 is 6.28. The van der Waals surface area contributed by atoms with Crippen LogP contribution in [0.3, 0.4) is 0 Å². The van der Waals surface area contributed by atoms with Crippen LogP contribution in [-0.2, 0) is 16.4 Å². The maximum absolute atomic E-state index is 13.5. The molecule has 4 rings (SSSR count). The molecular formula is C21H21ClFN3O3S. The fourth-order valence-electron chi connectivity index (χ4n) is 3.69. The van der Waals surface area contributed by atoms with Crippen molar-refractivity contribution in [3.8, 4) is 0 Å². The monoisotopic (exact) mass is 449 g/mol. The minimum absolute atomic E-state index is 0.116. The van der Waals surface area contributed by atoms with Gasteiger partial charge in [0.1, 0.15) is 5.82 Å². The zero-order valence-electron chi connectivity index (χ0n) is 16.1. The molecule has 1 saturated heterocycles. The van der Waals surface area contributed by atoms with Gasteiger partial charge < -0.3 is 10.3 Å². The number of aromatic amines is 1. The van der Waals surface area contributed by atoms with Gasteiger partial charge in [0.25, 0.3) is 5.91 Å². The predicted molar refractivity (Wildman–Crippen MR) is 116 cm³/mol. The van der Waals surface area contributed by atoms with Crippen LogP contribution in [-0.4, -0.2) is 38.2 Å². The lowest BCUT2D eigenvalue weighted by atomic mass is 10.1. The molecule has 2 heterocycles. The third-order valence-electron chi connectivity index (χ3n) is 5.24. The summed E-state index contributed by atoms with van der Waals surface area (Å²) in [6.07, 6.45) is 3.76. The van der Waals surface area contributed by atoms with Crippen molar-refractivity contribution in [3.05, 3.63) is 64.6 Å². The zero-order chi connectivity index (χ0) is 21.3. The maximum Gasteiger partial charge on any atom is 0.252 e. The third-order valence-corrected chi connectivity index (χ3v) is 7.43. The van der Waals surface area contributed by atoms with Crippen molar-refractivity contribution in [2.45, 2.75) is 19.3 Å². The summed E-state index contributed by atoms with van der Waals surface area (Å²) in [5, 5.41) is 3.79. The molecule has 0 unspecified atom stereocenters. The summed E-state index contributed by atoms with van der Waals surface area (Å²) in [4.78, 5) is 15.6. The van der Waals surface area contributed by atoms with Crippen molar-refractivity contribution in [2.75, 3.05) is 23.1 Å². The van der Waals surface area contributed by atoms with Crippen molar-refractivity contribution >= 4 is 44.1 Å². The largest absolute Gasteiger partial charge is 0.361 e. The molecule has 0 bridgehead atoms. The quantitative estimate of drug-likeness (QED) is 0.620. The highest BCUT2D eigenvalue weighted by Gasteiger charge is 2.26. The molecule has 2 aromatic carbocycles. The molecule has 1 amide bonds. The van der Waals surface area contributed by atoms with Gasteiger partial charge >= 0.3 is 0 Å². The Balaban J connectivity index is 1.42. The molecule has 6 nitrogen and oxygen atoms in total. The molecule has 1 aliphatic heterocycles. The second-order valence-corrected chi connectivity index (χ2v) is 9.69. The van der Waals surface area contributed by atoms with Crippen molar-refractivity contribution < 1.29 is 17.6 Å². The molecule has 0 saturated carbocycles. The summed E-state index contributed by atoms with van der Waals surface area (Å²) in [6, 6.07) is 9.20. The van der Waals surface area contributed by atoms with Crippen molar-refractivity contribution in [1.29, 1.82) is 0 Å². The van der Waals surface area contributed by atoms with E-state index in [1.807, 2.05) is 0 Å². The van der Waals surface area contributed by atoms with Gasteiger partial charge in [0.05, 0.1) is 22.0 Å². The first kappa shape index (κ1) is 20.7. The molecule has 0 spiro atoms. The number of benzene rings is 2. The van der Waals surface area contributed by atoms with E-state index in [9.17, 15) is 17.6 Å². The van der Waals surface area contributed by atoms with Gasteiger partial charge in [-0.25, -0.2) is 12.8 Å². The van der Waals surface area contributed by atoms with Gasteiger partial charge in [0.2, 0.25) is 10.0 Å². The number of halogens is 2. The molecule has 1 aliphatic rings. The number of anilines is 1. The number of amides is 1. The summed E-state index contributed by atoms with van der Waals surface area (Å²) in [7, 11) is -3.34. The minimum Gasteiger partial charge on any atom is -0.361 e. The highest BCUT2D eigenvalue weighted by molar-refractivity contribution is 7.92. The summed E-state index contributed by atoms with van der Waals surface area (Å²) in [6.45, 7) is 0.760. The van der Waals surface area contributed by atoms with E-state index in [0.29, 0.717) is 31.6 Å². The number of nitrogens with zero attached hydrogens (tertiary/aromatic N) is 1. The number of carbonyl (C=O) groups excluding carboxylic acids is 1. The second kappa shape index (κ2) is 8.28. The van der Waals surface area contributed by atoms with Crippen LogP contribution in [0.5, 0.6) is 0 Å². The Morgan fingerprint density at radius 1 is 1.20 bits per heavy atom. The highest BCUT2D eigenvalue weighted by atomic mass is 35.5. The Kier molecular flexibility index (Phi) is 5.71. The van der Waals surface area contributed by atoms with E-state index in [-0.39, 0.29) is 28.1 Å².